The lowest BCUT2D eigenvalue weighted by Crippen LogP contribution is -2.05. The lowest BCUT2D eigenvalue weighted by molar-refractivity contribution is 0.752. The van der Waals surface area contributed by atoms with Gasteiger partial charge in [0, 0.05) is 11.4 Å². The molecule has 0 fully saturated rings. The molecule has 0 heterocycles. The molecule has 0 rings (SSSR count). The van der Waals surface area contributed by atoms with E-state index in [4.69, 9.17) is 0 Å². The average molecular weight is 191 g/mol. The first-order valence-corrected chi connectivity index (χ1v) is 5.06. The standard InChI is InChI=1S/C13H21N/c1-7-9-13(11(5)6)14-12(8-2)10(3)4/h7-11H,1-2H2,3-6H3/b13-9-,14-12+. The van der Waals surface area contributed by atoms with Crippen molar-refractivity contribution >= 4 is 5.71 Å². The van der Waals surface area contributed by atoms with E-state index in [1.165, 1.54) is 0 Å². The Balaban J connectivity index is 4.95. The zero-order valence-corrected chi connectivity index (χ0v) is 9.75. The third-order valence-electron chi connectivity index (χ3n) is 1.94. The molecule has 0 bridgehead atoms. The smallest absolute Gasteiger partial charge is 0.0432 e. The summed E-state index contributed by atoms with van der Waals surface area (Å²) in [7, 11) is 0. The molecule has 0 unspecified atom stereocenters. The van der Waals surface area contributed by atoms with Gasteiger partial charge in [-0.2, -0.15) is 0 Å². The molecular formula is C13H21N. The van der Waals surface area contributed by atoms with Gasteiger partial charge in [-0.25, -0.2) is 0 Å². The van der Waals surface area contributed by atoms with Gasteiger partial charge in [-0.15, -0.1) is 0 Å². The summed E-state index contributed by atoms with van der Waals surface area (Å²) in [4.78, 5) is 4.57. The molecule has 78 valence electrons. The Morgan fingerprint density at radius 2 is 1.64 bits per heavy atom. The van der Waals surface area contributed by atoms with Gasteiger partial charge in [0.2, 0.25) is 0 Å². The molecule has 0 radical (unpaired) electrons. The fourth-order valence-electron chi connectivity index (χ4n) is 1.04. The Kier molecular flexibility index (Phi) is 5.86. The van der Waals surface area contributed by atoms with E-state index >= 15 is 0 Å². The van der Waals surface area contributed by atoms with Gasteiger partial charge in [-0.3, -0.25) is 4.99 Å². The zero-order chi connectivity index (χ0) is 11.1. The van der Waals surface area contributed by atoms with Crippen LogP contribution in [0.15, 0.2) is 42.1 Å². The first-order valence-electron chi connectivity index (χ1n) is 5.06. The molecule has 0 aromatic heterocycles. The quantitative estimate of drug-likeness (QED) is 0.460. The molecule has 0 atom stereocenters. The number of hydrogen-bond donors (Lipinski definition) is 0. The van der Waals surface area contributed by atoms with Crippen LogP contribution in [0.25, 0.3) is 0 Å². The summed E-state index contributed by atoms with van der Waals surface area (Å²) in [6, 6.07) is 0. The fourth-order valence-corrected chi connectivity index (χ4v) is 1.04. The summed E-state index contributed by atoms with van der Waals surface area (Å²) in [5, 5.41) is 0. The molecule has 1 heteroatoms. The van der Waals surface area contributed by atoms with Gasteiger partial charge in [0.05, 0.1) is 0 Å². The van der Waals surface area contributed by atoms with Crippen molar-refractivity contribution in [2.45, 2.75) is 27.7 Å². The number of rotatable bonds is 5. The van der Waals surface area contributed by atoms with E-state index in [0.29, 0.717) is 11.8 Å². The summed E-state index contributed by atoms with van der Waals surface area (Å²) in [5.41, 5.74) is 2.09. The Bertz CT molecular complexity index is 254. The minimum Gasteiger partial charge on any atom is -0.257 e. The maximum absolute atomic E-state index is 4.57. The van der Waals surface area contributed by atoms with E-state index in [9.17, 15) is 0 Å². The van der Waals surface area contributed by atoms with E-state index in [-0.39, 0.29) is 0 Å². The minimum atomic E-state index is 0.416. The van der Waals surface area contributed by atoms with Crippen LogP contribution in [0.3, 0.4) is 0 Å². The van der Waals surface area contributed by atoms with Gasteiger partial charge >= 0.3 is 0 Å². The molecule has 0 saturated carbocycles. The summed E-state index contributed by atoms with van der Waals surface area (Å²) in [5.74, 6) is 0.834. The summed E-state index contributed by atoms with van der Waals surface area (Å²) < 4.78 is 0. The second-order valence-corrected chi connectivity index (χ2v) is 3.88. The predicted molar refractivity (Wildman–Crippen MR) is 65.6 cm³/mol. The summed E-state index contributed by atoms with van der Waals surface area (Å²) in [6.45, 7) is 15.9. The Morgan fingerprint density at radius 3 is 1.93 bits per heavy atom. The van der Waals surface area contributed by atoms with E-state index < -0.39 is 0 Å². The highest BCUT2D eigenvalue weighted by atomic mass is 14.8. The van der Waals surface area contributed by atoms with E-state index in [1.54, 1.807) is 6.08 Å². The fraction of sp³-hybridized carbons (Fsp3) is 0.462. The topological polar surface area (TPSA) is 12.4 Å². The van der Waals surface area contributed by atoms with Gasteiger partial charge in [0.15, 0.2) is 0 Å². The average Bonchev–Trinajstić information content (AvgIpc) is 2.11. The van der Waals surface area contributed by atoms with Gasteiger partial charge in [-0.1, -0.05) is 46.9 Å². The van der Waals surface area contributed by atoms with Crippen LogP contribution in [-0.2, 0) is 0 Å². The van der Waals surface area contributed by atoms with Gasteiger partial charge in [0.1, 0.15) is 0 Å². The maximum atomic E-state index is 4.57. The van der Waals surface area contributed by atoms with Crippen molar-refractivity contribution in [3.8, 4) is 0 Å². The maximum Gasteiger partial charge on any atom is 0.0432 e. The molecular weight excluding hydrogens is 170 g/mol. The van der Waals surface area contributed by atoms with E-state index in [1.807, 2.05) is 12.2 Å². The predicted octanol–water partition coefficient (Wildman–Crippen LogP) is 4.00. The van der Waals surface area contributed by atoms with Crippen molar-refractivity contribution in [2.75, 3.05) is 0 Å². The number of allylic oxidation sites excluding steroid dienone is 4. The molecule has 14 heavy (non-hydrogen) atoms. The third-order valence-corrected chi connectivity index (χ3v) is 1.94. The molecule has 0 aromatic carbocycles. The second-order valence-electron chi connectivity index (χ2n) is 3.88. The second kappa shape index (κ2) is 6.36. The first kappa shape index (κ1) is 12.9. The molecule has 0 aliphatic heterocycles. The van der Waals surface area contributed by atoms with Gasteiger partial charge in [0.25, 0.3) is 0 Å². The molecule has 1 nitrogen and oxygen atoms in total. The van der Waals surface area contributed by atoms with Crippen molar-refractivity contribution < 1.29 is 0 Å². The number of aliphatic imine (C=N–C) groups is 1. The van der Waals surface area contributed by atoms with Crippen LogP contribution < -0.4 is 0 Å². The van der Waals surface area contributed by atoms with Crippen molar-refractivity contribution in [3.05, 3.63) is 37.1 Å². The van der Waals surface area contributed by atoms with E-state index in [2.05, 4.69) is 45.8 Å². The van der Waals surface area contributed by atoms with Crippen LogP contribution in [-0.4, -0.2) is 5.71 Å². The van der Waals surface area contributed by atoms with Crippen LogP contribution >= 0.6 is 0 Å². The van der Waals surface area contributed by atoms with Gasteiger partial charge in [-0.05, 0) is 24.0 Å². The van der Waals surface area contributed by atoms with Crippen molar-refractivity contribution in [1.29, 1.82) is 0 Å². The molecule has 0 amide bonds. The monoisotopic (exact) mass is 191 g/mol. The highest BCUT2D eigenvalue weighted by Gasteiger charge is 2.04. The molecule has 0 aliphatic rings. The van der Waals surface area contributed by atoms with E-state index in [0.717, 1.165) is 11.4 Å². The normalized spacial score (nSPS) is 13.6. The molecule has 0 spiro atoms. The third kappa shape index (κ3) is 4.22. The highest BCUT2D eigenvalue weighted by Crippen LogP contribution is 2.13. The molecule has 0 aromatic rings. The first-order chi connectivity index (χ1) is 6.52. The van der Waals surface area contributed by atoms with Crippen molar-refractivity contribution in [1.82, 2.24) is 0 Å². The van der Waals surface area contributed by atoms with Crippen LogP contribution in [0, 0.1) is 11.8 Å². The van der Waals surface area contributed by atoms with Crippen LogP contribution in [0.5, 0.6) is 0 Å². The number of nitrogens with zero attached hydrogens (tertiary/aromatic N) is 1. The summed E-state index contributed by atoms with van der Waals surface area (Å²) >= 11 is 0. The number of hydrogen-bond acceptors (Lipinski definition) is 1. The van der Waals surface area contributed by atoms with Crippen LogP contribution in [0.2, 0.25) is 0 Å². The lowest BCUT2D eigenvalue weighted by Gasteiger charge is -2.09. The highest BCUT2D eigenvalue weighted by molar-refractivity contribution is 5.96. The SMILES string of the molecule is C=C/C=C(\N=C(/C=C)C(C)C)C(C)C. The Morgan fingerprint density at radius 1 is 1.07 bits per heavy atom. The Labute approximate surface area is 87.9 Å². The molecule has 0 N–H and O–H groups in total. The van der Waals surface area contributed by atoms with Gasteiger partial charge < -0.3 is 0 Å². The Hall–Kier alpha value is -1.11. The lowest BCUT2D eigenvalue weighted by atomic mass is 10.1. The molecule has 0 aliphatic carbocycles. The zero-order valence-electron chi connectivity index (χ0n) is 9.75. The summed E-state index contributed by atoms with van der Waals surface area (Å²) in [6.07, 6.45) is 5.56. The minimum absolute atomic E-state index is 0.416. The largest absolute Gasteiger partial charge is 0.257 e. The van der Waals surface area contributed by atoms with Crippen molar-refractivity contribution in [2.24, 2.45) is 16.8 Å². The molecule has 0 saturated heterocycles. The van der Waals surface area contributed by atoms with Crippen LogP contribution in [0.4, 0.5) is 0 Å². The van der Waals surface area contributed by atoms with Crippen molar-refractivity contribution in [3.63, 3.8) is 0 Å². The van der Waals surface area contributed by atoms with Crippen LogP contribution in [0.1, 0.15) is 27.7 Å².